The van der Waals surface area contributed by atoms with Gasteiger partial charge in [-0.3, -0.25) is 9.78 Å². The molecule has 0 bridgehead atoms. The van der Waals surface area contributed by atoms with Gasteiger partial charge in [-0.15, -0.1) is 0 Å². The van der Waals surface area contributed by atoms with Crippen LogP contribution in [0.1, 0.15) is 37.8 Å². The average Bonchev–Trinajstić information content (AvgIpc) is 2.63. The molecule has 1 saturated heterocycles. The molecule has 4 nitrogen and oxygen atoms in total. The lowest BCUT2D eigenvalue weighted by Crippen LogP contribution is -2.59. The lowest BCUT2D eigenvalue weighted by Gasteiger charge is -2.46. The van der Waals surface area contributed by atoms with Crippen LogP contribution in [0.4, 0.5) is 0 Å². The van der Waals surface area contributed by atoms with Gasteiger partial charge in [-0.05, 0) is 62.6 Å². The van der Waals surface area contributed by atoms with E-state index in [4.69, 9.17) is 16.3 Å². The standard InChI is InChI=1S/C21H25ClN2O2/c1-15-13-24(21(2,3)14-26-15)20(25)19(12-16-8-10-23-11-9-16)17-4-6-18(22)7-5-17/h4-11,15,19H,12-14H2,1-3H3. The number of hydrogen-bond donors (Lipinski definition) is 0. The van der Waals surface area contributed by atoms with E-state index in [1.54, 1.807) is 12.4 Å². The number of pyridine rings is 1. The van der Waals surface area contributed by atoms with Crippen LogP contribution in [0.25, 0.3) is 0 Å². The SMILES string of the molecule is CC1CN(C(=O)C(Cc2ccncc2)c2ccc(Cl)cc2)C(C)(C)CO1. The maximum Gasteiger partial charge on any atom is 0.231 e. The lowest BCUT2D eigenvalue weighted by molar-refractivity contribution is -0.154. The Kier molecular flexibility index (Phi) is 5.64. The van der Waals surface area contributed by atoms with Crippen LogP contribution in [0.2, 0.25) is 5.02 Å². The first-order valence-corrected chi connectivity index (χ1v) is 9.32. The average molecular weight is 373 g/mol. The van der Waals surface area contributed by atoms with Gasteiger partial charge in [-0.2, -0.15) is 0 Å². The number of rotatable bonds is 4. The minimum absolute atomic E-state index is 0.0405. The third-order valence-electron chi connectivity index (χ3n) is 4.92. The van der Waals surface area contributed by atoms with E-state index < -0.39 is 0 Å². The van der Waals surface area contributed by atoms with Gasteiger partial charge in [0.15, 0.2) is 0 Å². The van der Waals surface area contributed by atoms with Crippen LogP contribution in [0.15, 0.2) is 48.8 Å². The van der Waals surface area contributed by atoms with Crippen LogP contribution in [0.3, 0.4) is 0 Å². The maximum absolute atomic E-state index is 13.6. The maximum atomic E-state index is 13.6. The van der Waals surface area contributed by atoms with Gasteiger partial charge >= 0.3 is 0 Å². The van der Waals surface area contributed by atoms with E-state index in [2.05, 4.69) is 18.8 Å². The number of halogens is 1. The van der Waals surface area contributed by atoms with Crippen LogP contribution >= 0.6 is 11.6 Å². The van der Waals surface area contributed by atoms with E-state index in [9.17, 15) is 4.79 Å². The van der Waals surface area contributed by atoms with E-state index in [1.165, 1.54) is 0 Å². The van der Waals surface area contributed by atoms with Crippen molar-refractivity contribution in [2.45, 2.75) is 44.8 Å². The summed E-state index contributed by atoms with van der Waals surface area (Å²) in [5.41, 5.74) is 1.74. The summed E-state index contributed by atoms with van der Waals surface area (Å²) < 4.78 is 5.77. The number of hydrogen-bond acceptors (Lipinski definition) is 3. The van der Waals surface area contributed by atoms with E-state index >= 15 is 0 Å². The molecule has 0 N–H and O–H groups in total. The van der Waals surface area contributed by atoms with Crippen molar-refractivity contribution < 1.29 is 9.53 Å². The van der Waals surface area contributed by atoms with Gasteiger partial charge in [-0.25, -0.2) is 0 Å². The Bertz CT molecular complexity index is 746. The van der Waals surface area contributed by atoms with E-state index in [1.807, 2.05) is 48.2 Å². The van der Waals surface area contributed by atoms with Crippen LogP contribution in [-0.4, -0.2) is 40.6 Å². The summed E-state index contributed by atoms with van der Waals surface area (Å²) in [5, 5.41) is 0.671. The fourth-order valence-corrected chi connectivity index (χ4v) is 3.48. The van der Waals surface area contributed by atoms with Crippen molar-refractivity contribution in [3.63, 3.8) is 0 Å². The molecular weight excluding hydrogens is 348 g/mol. The Morgan fingerprint density at radius 2 is 1.92 bits per heavy atom. The van der Waals surface area contributed by atoms with Crippen molar-refractivity contribution >= 4 is 17.5 Å². The number of amides is 1. The fraction of sp³-hybridized carbons (Fsp3) is 0.429. The van der Waals surface area contributed by atoms with Gasteiger partial charge in [0, 0.05) is 24.0 Å². The van der Waals surface area contributed by atoms with Crippen molar-refractivity contribution in [1.82, 2.24) is 9.88 Å². The zero-order valence-electron chi connectivity index (χ0n) is 15.5. The number of carbonyl (C=O) groups excluding carboxylic acids is 1. The number of nitrogens with zero attached hydrogens (tertiary/aromatic N) is 2. The molecule has 1 aliphatic heterocycles. The first-order chi connectivity index (χ1) is 12.4. The van der Waals surface area contributed by atoms with Gasteiger partial charge in [0.1, 0.15) is 0 Å². The highest BCUT2D eigenvalue weighted by Crippen LogP contribution is 2.30. The van der Waals surface area contributed by atoms with Crippen LogP contribution < -0.4 is 0 Å². The minimum atomic E-state index is -0.327. The fourth-order valence-electron chi connectivity index (χ4n) is 3.35. The number of morpholine rings is 1. The third kappa shape index (κ3) is 4.25. The normalized spacial score (nSPS) is 20.6. The molecule has 3 rings (SSSR count). The summed E-state index contributed by atoms with van der Waals surface area (Å²) in [5.74, 6) is -0.136. The molecule has 26 heavy (non-hydrogen) atoms. The predicted octanol–water partition coefficient (Wildman–Crippen LogP) is 4.09. The molecule has 5 heteroatoms. The zero-order valence-corrected chi connectivity index (χ0v) is 16.2. The summed E-state index contributed by atoms with van der Waals surface area (Å²) in [6.45, 7) is 7.27. The number of aromatic nitrogens is 1. The Morgan fingerprint density at radius 3 is 2.58 bits per heavy atom. The molecule has 2 aromatic rings. The molecule has 1 aromatic heterocycles. The molecule has 0 saturated carbocycles. The third-order valence-corrected chi connectivity index (χ3v) is 5.17. The Labute approximate surface area is 160 Å². The van der Waals surface area contributed by atoms with Gasteiger partial charge in [0.05, 0.1) is 24.2 Å². The molecule has 1 aliphatic rings. The van der Waals surface area contributed by atoms with Gasteiger partial charge in [0.2, 0.25) is 5.91 Å². The highest BCUT2D eigenvalue weighted by molar-refractivity contribution is 6.30. The monoisotopic (exact) mass is 372 g/mol. The molecule has 0 aliphatic carbocycles. The van der Waals surface area contributed by atoms with Crippen molar-refractivity contribution in [2.75, 3.05) is 13.2 Å². The topological polar surface area (TPSA) is 42.4 Å². The van der Waals surface area contributed by atoms with Gasteiger partial charge in [-0.1, -0.05) is 23.7 Å². The number of carbonyl (C=O) groups is 1. The number of benzene rings is 1. The molecule has 2 unspecified atom stereocenters. The molecule has 1 fully saturated rings. The van der Waals surface area contributed by atoms with Crippen molar-refractivity contribution in [3.05, 3.63) is 64.9 Å². The molecule has 0 radical (unpaired) electrons. The van der Waals surface area contributed by atoms with Gasteiger partial charge in [0.25, 0.3) is 0 Å². The second-order valence-electron chi connectivity index (χ2n) is 7.55. The largest absolute Gasteiger partial charge is 0.374 e. The lowest BCUT2D eigenvalue weighted by atomic mass is 9.88. The summed E-state index contributed by atoms with van der Waals surface area (Å²) in [7, 11) is 0. The highest BCUT2D eigenvalue weighted by Gasteiger charge is 2.39. The van der Waals surface area contributed by atoms with Crippen LogP contribution in [0.5, 0.6) is 0 Å². The Morgan fingerprint density at radius 1 is 1.27 bits per heavy atom. The Balaban J connectivity index is 1.93. The summed E-state index contributed by atoms with van der Waals surface area (Å²) in [4.78, 5) is 19.6. The van der Waals surface area contributed by atoms with E-state index in [0.717, 1.165) is 11.1 Å². The van der Waals surface area contributed by atoms with Gasteiger partial charge < -0.3 is 9.64 Å². The highest BCUT2D eigenvalue weighted by atomic mass is 35.5. The molecule has 1 amide bonds. The quantitative estimate of drug-likeness (QED) is 0.811. The molecule has 2 heterocycles. The van der Waals surface area contributed by atoms with Crippen LogP contribution in [0, 0.1) is 0 Å². The van der Waals surface area contributed by atoms with Crippen molar-refractivity contribution in [2.24, 2.45) is 0 Å². The Hall–Kier alpha value is -1.91. The predicted molar refractivity (Wildman–Crippen MR) is 103 cm³/mol. The number of ether oxygens (including phenoxy) is 1. The smallest absolute Gasteiger partial charge is 0.231 e. The van der Waals surface area contributed by atoms with E-state index in [-0.39, 0.29) is 23.5 Å². The van der Waals surface area contributed by atoms with Crippen LogP contribution in [-0.2, 0) is 16.0 Å². The molecule has 1 aromatic carbocycles. The molecule has 2 atom stereocenters. The zero-order chi connectivity index (χ0) is 18.7. The van der Waals surface area contributed by atoms with E-state index in [0.29, 0.717) is 24.6 Å². The molecule has 0 spiro atoms. The molecule has 138 valence electrons. The first-order valence-electron chi connectivity index (χ1n) is 8.94. The summed E-state index contributed by atoms with van der Waals surface area (Å²) >= 11 is 6.05. The van der Waals surface area contributed by atoms with Crippen molar-refractivity contribution in [1.29, 1.82) is 0 Å². The second kappa shape index (κ2) is 7.77. The first kappa shape index (κ1) is 18.9. The second-order valence-corrected chi connectivity index (χ2v) is 7.98. The minimum Gasteiger partial charge on any atom is -0.374 e. The summed E-state index contributed by atoms with van der Waals surface area (Å²) in [6.07, 6.45) is 4.20. The summed E-state index contributed by atoms with van der Waals surface area (Å²) in [6, 6.07) is 11.5. The molecular formula is C21H25ClN2O2. The van der Waals surface area contributed by atoms with Crippen molar-refractivity contribution in [3.8, 4) is 0 Å².